The number of unbranched alkanes of at least 4 members (excludes halogenated alkanes) is 52. The fourth-order valence-electron chi connectivity index (χ4n) is 13.1. The number of nitrogens with one attached hydrogen (secondary N) is 1. The number of carbonyl (C=O) groups excluding carboxylic acids is 2. The van der Waals surface area contributed by atoms with E-state index < -0.39 is 49.5 Å². The Morgan fingerprint density at radius 3 is 1.10 bits per heavy atom. The number of esters is 1. The standard InChI is InChI=1S/C85H157NO10/c1-3-5-7-9-11-13-15-17-44-49-53-57-61-65-69-73-81(90)94-74-70-66-62-58-54-50-46-43-41-39-37-35-33-31-29-27-25-23-21-19-20-22-24-26-28-30-32-34-36-38-40-42-45-48-52-56-60-64-68-72-80(89)86-77(76-95-85-84(93)83(92)82(91)79(75-87)96-85)78(88)71-67-63-59-55-51-47-18-16-14-12-10-8-6-4-2/h14,16,19-20,23,25,51,55,67,71,77-79,82-85,87-88,91-93H,3-13,15,17-18,21-22,24,26-50,52-54,56-66,68-70,72-76H2,1-2H3,(H,86,89)/b16-14+,20-19-,25-23-,55-51+,71-67+. The molecule has 11 nitrogen and oxygen atoms in total. The largest absolute Gasteiger partial charge is 0.466 e. The van der Waals surface area contributed by atoms with Gasteiger partial charge in [0.05, 0.1) is 32.0 Å². The molecule has 0 bridgehead atoms. The molecule has 562 valence electrons. The molecule has 0 spiro atoms. The van der Waals surface area contributed by atoms with E-state index in [-0.39, 0.29) is 18.5 Å². The van der Waals surface area contributed by atoms with Gasteiger partial charge in [0.1, 0.15) is 24.4 Å². The number of allylic oxidation sites excluding steroid dienone is 9. The second kappa shape index (κ2) is 73.6. The summed E-state index contributed by atoms with van der Waals surface area (Å²) in [5.74, 6) is -0.174. The SMILES string of the molecule is CCCCCC/C=C/CC/C=C/CC/C=C/C(O)C(COC1OC(CO)C(O)C(O)C1O)NC(=O)CCCCCCCCCCCCCCCCCCC/C=C\C/C=C\CCCCCCCCCCCCCCCCCOC(=O)CCCCCCCCCCCCCCCCC. The fraction of sp³-hybridized carbons (Fsp3) is 0.859. The molecule has 1 aliphatic heterocycles. The van der Waals surface area contributed by atoms with Crippen LogP contribution < -0.4 is 5.32 Å². The average molecular weight is 1350 g/mol. The number of ether oxygens (including phenoxy) is 3. The summed E-state index contributed by atoms with van der Waals surface area (Å²) in [6.45, 7) is 4.35. The first-order valence-electron chi connectivity index (χ1n) is 41.6. The third kappa shape index (κ3) is 61.2. The molecule has 6 N–H and O–H groups in total. The van der Waals surface area contributed by atoms with Gasteiger partial charge in [-0.2, -0.15) is 0 Å². The molecule has 0 saturated carbocycles. The molecule has 1 heterocycles. The van der Waals surface area contributed by atoms with Crippen molar-refractivity contribution in [1.29, 1.82) is 0 Å². The smallest absolute Gasteiger partial charge is 0.305 e. The van der Waals surface area contributed by atoms with Crippen LogP contribution in [0.2, 0.25) is 0 Å². The zero-order chi connectivity index (χ0) is 69.4. The molecular weight excluding hydrogens is 1190 g/mol. The van der Waals surface area contributed by atoms with Crippen LogP contribution in [0.25, 0.3) is 0 Å². The van der Waals surface area contributed by atoms with Crippen molar-refractivity contribution in [2.75, 3.05) is 19.8 Å². The molecule has 96 heavy (non-hydrogen) atoms. The molecule has 7 unspecified atom stereocenters. The average Bonchev–Trinajstić information content (AvgIpc) is 0.842. The summed E-state index contributed by atoms with van der Waals surface area (Å²) in [5, 5.41) is 54.6. The van der Waals surface area contributed by atoms with Crippen molar-refractivity contribution in [3.05, 3.63) is 60.8 Å². The Bertz CT molecular complexity index is 1780. The van der Waals surface area contributed by atoms with E-state index in [1.54, 1.807) is 6.08 Å². The van der Waals surface area contributed by atoms with Crippen LogP contribution in [-0.2, 0) is 23.8 Å². The highest BCUT2D eigenvalue weighted by molar-refractivity contribution is 5.76. The van der Waals surface area contributed by atoms with Gasteiger partial charge in [0.25, 0.3) is 0 Å². The number of carbonyl (C=O) groups is 2. The minimum Gasteiger partial charge on any atom is -0.466 e. The molecule has 11 heteroatoms. The van der Waals surface area contributed by atoms with E-state index in [9.17, 15) is 35.1 Å². The number of amides is 1. The van der Waals surface area contributed by atoms with Crippen LogP contribution in [0, 0.1) is 0 Å². The Hall–Kier alpha value is -2.64. The molecule has 0 radical (unpaired) electrons. The van der Waals surface area contributed by atoms with Gasteiger partial charge in [-0.15, -0.1) is 0 Å². The number of hydrogen-bond donors (Lipinski definition) is 6. The molecule has 1 saturated heterocycles. The lowest BCUT2D eigenvalue weighted by molar-refractivity contribution is -0.302. The summed E-state index contributed by atoms with van der Waals surface area (Å²) < 4.78 is 16.8. The summed E-state index contributed by atoms with van der Waals surface area (Å²) in [4.78, 5) is 25.2. The van der Waals surface area contributed by atoms with E-state index in [4.69, 9.17) is 14.2 Å². The zero-order valence-electron chi connectivity index (χ0n) is 62.8. The molecule has 7 atom stereocenters. The van der Waals surface area contributed by atoms with Crippen LogP contribution >= 0.6 is 0 Å². The van der Waals surface area contributed by atoms with Crippen LogP contribution in [0.3, 0.4) is 0 Å². The lowest BCUT2D eigenvalue weighted by atomic mass is 9.99. The van der Waals surface area contributed by atoms with Crippen molar-refractivity contribution in [3.8, 4) is 0 Å². The first-order valence-corrected chi connectivity index (χ1v) is 41.6. The van der Waals surface area contributed by atoms with Gasteiger partial charge >= 0.3 is 5.97 Å². The van der Waals surface area contributed by atoms with Gasteiger partial charge in [-0.25, -0.2) is 0 Å². The molecule has 1 fully saturated rings. The summed E-state index contributed by atoms with van der Waals surface area (Å²) in [5.41, 5.74) is 0. The van der Waals surface area contributed by atoms with Crippen molar-refractivity contribution in [2.24, 2.45) is 0 Å². The van der Waals surface area contributed by atoms with Gasteiger partial charge in [0.15, 0.2) is 6.29 Å². The Kier molecular flexibility index (Phi) is 70.0. The fourth-order valence-corrected chi connectivity index (χ4v) is 13.1. The zero-order valence-corrected chi connectivity index (χ0v) is 62.8. The van der Waals surface area contributed by atoms with Crippen molar-refractivity contribution in [2.45, 2.75) is 448 Å². The maximum absolute atomic E-state index is 13.1. The molecule has 0 aromatic rings. The van der Waals surface area contributed by atoms with Gasteiger partial charge in [0, 0.05) is 12.8 Å². The van der Waals surface area contributed by atoms with E-state index in [2.05, 4.69) is 67.8 Å². The Balaban J connectivity index is 1.91. The van der Waals surface area contributed by atoms with E-state index in [0.29, 0.717) is 19.4 Å². The van der Waals surface area contributed by atoms with Crippen LogP contribution in [-0.4, -0.2) is 100 Å². The molecule has 0 aliphatic carbocycles. The number of rotatable bonds is 74. The number of aliphatic hydroxyl groups is 5. The highest BCUT2D eigenvalue weighted by atomic mass is 16.7. The highest BCUT2D eigenvalue weighted by Crippen LogP contribution is 2.24. The molecular formula is C85H157NO10. The van der Waals surface area contributed by atoms with Crippen LogP contribution in [0.15, 0.2) is 60.8 Å². The van der Waals surface area contributed by atoms with Crippen molar-refractivity contribution in [3.63, 3.8) is 0 Å². The summed E-state index contributed by atoms with van der Waals surface area (Å²) >= 11 is 0. The lowest BCUT2D eigenvalue weighted by Crippen LogP contribution is -2.60. The first-order chi connectivity index (χ1) is 47.2. The Morgan fingerprint density at radius 2 is 0.708 bits per heavy atom. The van der Waals surface area contributed by atoms with Crippen molar-refractivity contribution >= 4 is 11.9 Å². The molecule has 0 aromatic carbocycles. The predicted octanol–water partition coefficient (Wildman–Crippen LogP) is 22.8. The highest BCUT2D eigenvalue weighted by Gasteiger charge is 2.44. The minimum atomic E-state index is -1.58. The molecule has 0 aromatic heterocycles. The summed E-state index contributed by atoms with van der Waals surface area (Å²) in [6.07, 6.45) is 89.8. The number of hydrogen-bond acceptors (Lipinski definition) is 10. The summed E-state index contributed by atoms with van der Waals surface area (Å²) in [7, 11) is 0. The van der Waals surface area contributed by atoms with Gasteiger partial charge in [-0.05, 0) is 89.9 Å². The van der Waals surface area contributed by atoms with Gasteiger partial charge < -0.3 is 45.1 Å². The third-order valence-electron chi connectivity index (χ3n) is 19.6. The summed E-state index contributed by atoms with van der Waals surface area (Å²) in [6, 6.07) is -0.834. The maximum Gasteiger partial charge on any atom is 0.305 e. The van der Waals surface area contributed by atoms with Gasteiger partial charge in [-0.1, -0.05) is 364 Å². The molecule has 1 rings (SSSR count). The monoisotopic (exact) mass is 1350 g/mol. The topological polar surface area (TPSA) is 175 Å². The van der Waals surface area contributed by atoms with E-state index in [1.165, 1.54) is 308 Å². The van der Waals surface area contributed by atoms with E-state index >= 15 is 0 Å². The third-order valence-corrected chi connectivity index (χ3v) is 19.6. The van der Waals surface area contributed by atoms with Crippen molar-refractivity contribution in [1.82, 2.24) is 5.32 Å². The lowest BCUT2D eigenvalue weighted by Gasteiger charge is -2.40. The minimum absolute atomic E-state index is 0.0177. The van der Waals surface area contributed by atoms with Crippen LogP contribution in [0.4, 0.5) is 0 Å². The quantitative estimate of drug-likeness (QED) is 0.0195. The van der Waals surface area contributed by atoms with Crippen LogP contribution in [0.1, 0.15) is 406 Å². The van der Waals surface area contributed by atoms with Gasteiger partial charge in [-0.3, -0.25) is 9.59 Å². The molecule has 1 amide bonds. The molecule has 1 aliphatic rings. The van der Waals surface area contributed by atoms with Gasteiger partial charge in [0.2, 0.25) is 5.91 Å². The van der Waals surface area contributed by atoms with Crippen LogP contribution in [0.5, 0.6) is 0 Å². The maximum atomic E-state index is 13.1. The second-order valence-electron chi connectivity index (χ2n) is 28.8. The van der Waals surface area contributed by atoms with Crippen molar-refractivity contribution < 1.29 is 49.3 Å². The first kappa shape index (κ1) is 91.4. The number of aliphatic hydroxyl groups excluding tert-OH is 5. The second-order valence-corrected chi connectivity index (χ2v) is 28.8. The Morgan fingerprint density at radius 1 is 0.385 bits per heavy atom. The van der Waals surface area contributed by atoms with E-state index in [1.807, 2.05) is 6.08 Å². The normalized spacial score (nSPS) is 17.6. The van der Waals surface area contributed by atoms with E-state index in [0.717, 1.165) is 70.6 Å². The predicted molar refractivity (Wildman–Crippen MR) is 407 cm³/mol. The Labute approximate surface area is 592 Å².